The lowest BCUT2D eigenvalue weighted by atomic mass is 9.98. The molecule has 15 heavy (non-hydrogen) atoms. The summed E-state index contributed by atoms with van der Waals surface area (Å²) >= 11 is 5.79. The second kappa shape index (κ2) is 7.51. The number of rotatable bonds is 1. The molecule has 0 aliphatic heterocycles. The lowest BCUT2D eigenvalue weighted by Gasteiger charge is -2.15. The van der Waals surface area contributed by atoms with E-state index in [2.05, 4.69) is 5.16 Å². The molecular formula is C10H18ClNO3. The Labute approximate surface area is 94.9 Å². The molecule has 0 saturated heterocycles. The third kappa shape index (κ3) is 6.33. The van der Waals surface area contributed by atoms with Gasteiger partial charge in [-0.15, -0.1) is 11.6 Å². The highest BCUT2D eigenvalue weighted by Crippen LogP contribution is 2.19. The average Bonchev–Trinajstić information content (AvgIpc) is 2.19. The predicted molar refractivity (Wildman–Crippen MR) is 59.8 cm³/mol. The van der Waals surface area contributed by atoms with Crippen LogP contribution in [0, 0.1) is 5.92 Å². The van der Waals surface area contributed by atoms with Crippen molar-refractivity contribution in [1.82, 2.24) is 0 Å². The Bertz CT molecular complexity index is 229. The van der Waals surface area contributed by atoms with Crippen LogP contribution in [0.2, 0.25) is 0 Å². The van der Waals surface area contributed by atoms with Crippen molar-refractivity contribution in [2.24, 2.45) is 11.1 Å². The minimum absolute atomic E-state index is 0.0104. The minimum atomic E-state index is -0.741. The Balaban J connectivity index is 0.000000288. The molecule has 0 radical (unpaired) electrons. The second-order valence-corrected chi connectivity index (χ2v) is 4.32. The third-order valence-electron chi connectivity index (χ3n) is 2.12. The summed E-state index contributed by atoms with van der Waals surface area (Å²) in [6.45, 7) is 3.28. The van der Waals surface area contributed by atoms with Crippen molar-refractivity contribution < 1.29 is 15.1 Å². The Morgan fingerprint density at radius 2 is 2.07 bits per heavy atom. The van der Waals surface area contributed by atoms with Gasteiger partial charge in [0.15, 0.2) is 0 Å². The fourth-order valence-corrected chi connectivity index (χ4v) is 1.37. The zero-order valence-corrected chi connectivity index (χ0v) is 9.87. The van der Waals surface area contributed by atoms with E-state index < -0.39 is 5.97 Å². The number of oxime groups is 1. The van der Waals surface area contributed by atoms with Crippen LogP contribution >= 0.6 is 11.6 Å². The van der Waals surface area contributed by atoms with E-state index in [-0.39, 0.29) is 11.3 Å². The van der Waals surface area contributed by atoms with Gasteiger partial charge in [-0.25, -0.2) is 0 Å². The zero-order chi connectivity index (χ0) is 11.8. The lowest BCUT2D eigenvalue weighted by Crippen LogP contribution is -2.18. The van der Waals surface area contributed by atoms with Gasteiger partial charge in [-0.05, 0) is 19.3 Å². The number of carbonyl (C=O) groups is 1. The smallest absolute Gasteiger partial charge is 0.305 e. The van der Waals surface area contributed by atoms with Crippen molar-refractivity contribution in [2.75, 3.05) is 0 Å². The molecule has 0 spiro atoms. The SMILES string of the molecule is CC(C)C(=O)O.O/N=C1/CCCCC1Cl. The van der Waals surface area contributed by atoms with Crippen LogP contribution in [0.4, 0.5) is 0 Å². The first-order valence-electron chi connectivity index (χ1n) is 5.06. The van der Waals surface area contributed by atoms with E-state index in [1.807, 2.05) is 0 Å². The van der Waals surface area contributed by atoms with Crippen molar-refractivity contribution in [2.45, 2.75) is 44.9 Å². The molecule has 0 aromatic rings. The van der Waals surface area contributed by atoms with Gasteiger partial charge >= 0.3 is 5.97 Å². The van der Waals surface area contributed by atoms with E-state index >= 15 is 0 Å². The number of halogens is 1. The van der Waals surface area contributed by atoms with Crippen LogP contribution < -0.4 is 0 Å². The summed E-state index contributed by atoms with van der Waals surface area (Å²) in [6.07, 6.45) is 4.10. The van der Waals surface area contributed by atoms with Gasteiger partial charge in [-0.2, -0.15) is 0 Å². The lowest BCUT2D eigenvalue weighted by molar-refractivity contribution is -0.140. The van der Waals surface area contributed by atoms with Crippen LogP contribution in [-0.4, -0.2) is 27.4 Å². The molecular weight excluding hydrogens is 218 g/mol. The van der Waals surface area contributed by atoms with Crippen molar-refractivity contribution in [3.05, 3.63) is 0 Å². The third-order valence-corrected chi connectivity index (χ3v) is 2.59. The topological polar surface area (TPSA) is 69.9 Å². The van der Waals surface area contributed by atoms with Gasteiger partial charge in [0, 0.05) is 0 Å². The first-order valence-corrected chi connectivity index (χ1v) is 5.50. The first kappa shape index (κ1) is 14.2. The second-order valence-electron chi connectivity index (χ2n) is 3.80. The molecule has 0 heterocycles. The van der Waals surface area contributed by atoms with Gasteiger partial charge in [-0.1, -0.05) is 25.4 Å². The van der Waals surface area contributed by atoms with Crippen LogP contribution in [0.25, 0.3) is 0 Å². The summed E-state index contributed by atoms with van der Waals surface area (Å²) in [5.74, 6) is -0.972. The fraction of sp³-hybridized carbons (Fsp3) is 0.800. The molecule has 0 aromatic heterocycles. The summed E-state index contributed by atoms with van der Waals surface area (Å²) in [4.78, 5) is 9.70. The largest absolute Gasteiger partial charge is 0.481 e. The van der Waals surface area contributed by atoms with E-state index in [1.165, 1.54) is 0 Å². The van der Waals surface area contributed by atoms with E-state index in [4.69, 9.17) is 21.9 Å². The molecule has 0 amide bonds. The standard InChI is InChI=1S/C6H10ClNO.C4H8O2/c7-5-3-1-2-4-6(5)8-9;1-3(2)4(5)6/h5,9H,1-4H2;3H,1-2H3,(H,5,6)/b8-6-;. The maximum absolute atomic E-state index is 9.70. The van der Waals surface area contributed by atoms with Crippen LogP contribution in [0.15, 0.2) is 5.16 Å². The van der Waals surface area contributed by atoms with Gasteiger partial charge in [0.25, 0.3) is 0 Å². The highest BCUT2D eigenvalue weighted by molar-refractivity contribution is 6.32. The van der Waals surface area contributed by atoms with Crippen molar-refractivity contribution in [1.29, 1.82) is 0 Å². The normalized spacial score (nSPS) is 23.5. The molecule has 0 bridgehead atoms. The quantitative estimate of drug-likeness (QED) is 0.417. The molecule has 1 saturated carbocycles. The first-order chi connectivity index (χ1) is 6.99. The molecule has 4 nitrogen and oxygen atoms in total. The van der Waals surface area contributed by atoms with Crippen molar-refractivity contribution in [3.8, 4) is 0 Å². The molecule has 88 valence electrons. The number of carboxylic acid groups (broad SMARTS) is 1. The molecule has 0 aromatic carbocycles. The van der Waals surface area contributed by atoms with Crippen LogP contribution in [0.3, 0.4) is 0 Å². The summed E-state index contributed by atoms with van der Waals surface area (Å²) in [5.41, 5.74) is 0.753. The van der Waals surface area contributed by atoms with Crippen molar-refractivity contribution >= 4 is 23.3 Å². The summed E-state index contributed by atoms with van der Waals surface area (Å²) in [6, 6.07) is 0. The van der Waals surface area contributed by atoms with Gasteiger partial charge < -0.3 is 10.3 Å². The maximum atomic E-state index is 9.70. The fourth-order valence-electron chi connectivity index (χ4n) is 1.07. The summed E-state index contributed by atoms with van der Waals surface area (Å²) in [5, 5.41) is 19.5. The molecule has 5 heteroatoms. The van der Waals surface area contributed by atoms with E-state index in [9.17, 15) is 4.79 Å². The van der Waals surface area contributed by atoms with Crippen molar-refractivity contribution in [3.63, 3.8) is 0 Å². The number of hydrogen-bond donors (Lipinski definition) is 2. The molecule has 2 N–H and O–H groups in total. The summed E-state index contributed by atoms with van der Waals surface area (Å²) in [7, 11) is 0. The molecule has 1 rings (SSSR count). The van der Waals surface area contributed by atoms with E-state index in [1.54, 1.807) is 13.8 Å². The Hall–Kier alpha value is -0.770. The number of aliphatic carboxylic acids is 1. The molecule has 1 aliphatic rings. The van der Waals surface area contributed by atoms with Crippen LogP contribution in [0.5, 0.6) is 0 Å². The van der Waals surface area contributed by atoms with Gasteiger partial charge in [0.1, 0.15) is 0 Å². The van der Waals surface area contributed by atoms with E-state index in [0.29, 0.717) is 0 Å². The highest BCUT2D eigenvalue weighted by atomic mass is 35.5. The number of hydrogen-bond acceptors (Lipinski definition) is 3. The monoisotopic (exact) mass is 235 g/mol. The average molecular weight is 236 g/mol. The molecule has 1 unspecified atom stereocenters. The summed E-state index contributed by atoms with van der Waals surface area (Å²) < 4.78 is 0. The van der Waals surface area contributed by atoms with Crippen LogP contribution in [0.1, 0.15) is 39.5 Å². The molecule has 1 aliphatic carbocycles. The van der Waals surface area contributed by atoms with Gasteiger partial charge in [0.2, 0.25) is 0 Å². The maximum Gasteiger partial charge on any atom is 0.305 e. The Kier molecular flexibility index (Phi) is 7.13. The Morgan fingerprint density at radius 1 is 1.53 bits per heavy atom. The van der Waals surface area contributed by atoms with Crippen LogP contribution in [-0.2, 0) is 4.79 Å². The predicted octanol–water partition coefficient (Wildman–Crippen LogP) is 2.73. The molecule has 1 atom stereocenters. The van der Waals surface area contributed by atoms with Gasteiger partial charge in [0.05, 0.1) is 17.0 Å². The number of nitrogens with zero attached hydrogens (tertiary/aromatic N) is 1. The number of carboxylic acids is 1. The van der Waals surface area contributed by atoms with E-state index in [0.717, 1.165) is 31.4 Å². The molecule has 1 fully saturated rings. The highest BCUT2D eigenvalue weighted by Gasteiger charge is 2.17. The van der Waals surface area contributed by atoms with Gasteiger partial charge in [-0.3, -0.25) is 4.79 Å². The number of alkyl halides is 1. The minimum Gasteiger partial charge on any atom is -0.481 e. The zero-order valence-electron chi connectivity index (χ0n) is 9.11. The Morgan fingerprint density at radius 3 is 2.33 bits per heavy atom.